The Hall–Kier alpha value is -3.14. The highest BCUT2D eigenvalue weighted by Crippen LogP contribution is 2.28. The van der Waals surface area contributed by atoms with Crippen LogP contribution in [0.2, 0.25) is 0 Å². The first-order valence-corrected chi connectivity index (χ1v) is 9.86. The number of nitrogens with zero attached hydrogens (tertiary/aromatic N) is 5. The van der Waals surface area contributed by atoms with Crippen LogP contribution in [0.4, 0.5) is 16.2 Å². The van der Waals surface area contributed by atoms with E-state index in [-0.39, 0.29) is 24.0 Å². The van der Waals surface area contributed by atoms with Gasteiger partial charge in [-0.1, -0.05) is 6.07 Å². The standard InChI is InChI=1S/C21H21FN8.ClH/c22-16-12-27-21(29-19(16)15-11-25-17-2-1-5-24-20(15)17)28-18-4-3-14(10-26-18)13-30-8-6-23-7-9-30;/h1-5,10-12,23,25H,6-9,13H2,(H,26,27,28,29);1H. The molecule has 0 unspecified atom stereocenters. The van der Waals surface area contributed by atoms with Gasteiger partial charge >= 0.3 is 0 Å². The molecular formula is C21H22ClFN8. The van der Waals surface area contributed by atoms with Crippen LogP contribution in [0.15, 0.2) is 49.1 Å². The molecule has 10 heteroatoms. The van der Waals surface area contributed by atoms with E-state index in [0.29, 0.717) is 16.9 Å². The summed E-state index contributed by atoms with van der Waals surface area (Å²) in [7, 11) is 0. The van der Waals surface area contributed by atoms with Crippen molar-refractivity contribution in [3.63, 3.8) is 0 Å². The first-order valence-electron chi connectivity index (χ1n) is 9.86. The minimum absolute atomic E-state index is 0. The van der Waals surface area contributed by atoms with Gasteiger partial charge in [-0.3, -0.25) is 9.88 Å². The fraction of sp³-hybridized carbons (Fsp3) is 0.238. The number of nitrogens with one attached hydrogen (secondary N) is 3. The molecule has 4 aromatic rings. The molecule has 0 aliphatic carbocycles. The summed E-state index contributed by atoms with van der Waals surface area (Å²) in [6.07, 6.45) is 6.38. The minimum atomic E-state index is -0.508. The quantitative estimate of drug-likeness (QED) is 0.439. The average Bonchev–Trinajstić information content (AvgIpc) is 3.21. The zero-order chi connectivity index (χ0) is 20.3. The van der Waals surface area contributed by atoms with Gasteiger partial charge < -0.3 is 15.6 Å². The lowest BCUT2D eigenvalue weighted by Gasteiger charge is -2.27. The number of pyridine rings is 2. The van der Waals surface area contributed by atoms with Crippen molar-refractivity contribution in [1.29, 1.82) is 0 Å². The number of aromatic nitrogens is 5. The Morgan fingerprint density at radius 2 is 1.94 bits per heavy atom. The number of halogens is 2. The lowest BCUT2D eigenvalue weighted by atomic mass is 10.2. The van der Waals surface area contributed by atoms with E-state index < -0.39 is 5.82 Å². The van der Waals surface area contributed by atoms with Crippen LogP contribution in [-0.4, -0.2) is 56.0 Å². The summed E-state index contributed by atoms with van der Waals surface area (Å²) in [5.74, 6) is 0.374. The monoisotopic (exact) mass is 440 g/mol. The van der Waals surface area contributed by atoms with Gasteiger partial charge in [0, 0.05) is 56.9 Å². The van der Waals surface area contributed by atoms with Crippen LogP contribution in [0.1, 0.15) is 5.56 Å². The largest absolute Gasteiger partial charge is 0.359 e. The van der Waals surface area contributed by atoms with E-state index in [1.165, 1.54) is 0 Å². The van der Waals surface area contributed by atoms with Crippen LogP contribution >= 0.6 is 12.4 Å². The maximum atomic E-state index is 14.5. The fourth-order valence-corrected chi connectivity index (χ4v) is 3.59. The molecule has 1 fully saturated rings. The SMILES string of the molecule is Cl.Fc1cnc(Nc2ccc(CN3CCNCC3)cn2)nc1-c1c[nH]c2cccnc12. The molecule has 5 rings (SSSR count). The normalized spacial score (nSPS) is 14.4. The van der Waals surface area contributed by atoms with Gasteiger partial charge in [0.05, 0.1) is 17.2 Å². The van der Waals surface area contributed by atoms with Crippen molar-refractivity contribution in [2.75, 3.05) is 31.5 Å². The highest BCUT2D eigenvalue weighted by atomic mass is 35.5. The van der Waals surface area contributed by atoms with Crippen molar-refractivity contribution in [3.05, 3.63) is 60.4 Å². The van der Waals surface area contributed by atoms with Crippen LogP contribution in [0.3, 0.4) is 0 Å². The summed E-state index contributed by atoms with van der Waals surface area (Å²) in [6, 6.07) is 7.63. The molecule has 0 atom stereocenters. The molecule has 1 aliphatic rings. The molecule has 1 saturated heterocycles. The summed E-state index contributed by atoms with van der Waals surface area (Å²) in [5, 5.41) is 6.41. The predicted molar refractivity (Wildman–Crippen MR) is 120 cm³/mol. The van der Waals surface area contributed by atoms with Gasteiger partial charge in [-0.25, -0.2) is 19.3 Å². The van der Waals surface area contributed by atoms with Crippen LogP contribution in [0.25, 0.3) is 22.3 Å². The summed E-state index contributed by atoms with van der Waals surface area (Å²) in [5.41, 5.74) is 3.41. The van der Waals surface area contributed by atoms with Crippen LogP contribution in [-0.2, 0) is 6.54 Å². The van der Waals surface area contributed by atoms with Crippen LogP contribution in [0, 0.1) is 5.82 Å². The van der Waals surface area contributed by atoms with E-state index in [1.54, 1.807) is 12.4 Å². The Kier molecular flexibility index (Phi) is 6.36. The average molecular weight is 441 g/mol. The van der Waals surface area contributed by atoms with E-state index in [1.807, 2.05) is 30.5 Å². The molecule has 0 radical (unpaired) electrons. The molecule has 8 nitrogen and oxygen atoms in total. The summed E-state index contributed by atoms with van der Waals surface area (Å²) in [4.78, 5) is 22.7. The molecule has 5 heterocycles. The van der Waals surface area contributed by atoms with E-state index >= 15 is 0 Å². The number of rotatable bonds is 5. The third-order valence-electron chi connectivity index (χ3n) is 5.11. The molecule has 3 N–H and O–H groups in total. The van der Waals surface area contributed by atoms with Crippen LogP contribution in [0.5, 0.6) is 0 Å². The number of fused-ring (bicyclic) bond motifs is 1. The number of H-pyrrole nitrogens is 1. The van der Waals surface area contributed by atoms with E-state index in [4.69, 9.17) is 0 Å². The zero-order valence-electron chi connectivity index (χ0n) is 16.7. The highest BCUT2D eigenvalue weighted by Gasteiger charge is 2.15. The second-order valence-electron chi connectivity index (χ2n) is 7.19. The molecule has 0 bridgehead atoms. The Morgan fingerprint density at radius 1 is 1.06 bits per heavy atom. The third kappa shape index (κ3) is 4.63. The van der Waals surface area contributed by atoms with E-state index in [0.717, 1.165) is 50.0 Å². The van der Waals surface area contributed by atoms with Gasteiger partial charge in [0.1, 0.15) is 11.5 Å². The third-order valence-corrected chi connectivity index (χ3v) is 5.11. The molecule has 0 aromatic carbocycles. The fourth-order valence-electron chi connectivity index (χ4n) is 3.59. The van der Waals surface area contributed by atoms with Crippen molar-refractivity contribution in [2.24, 2.45) is 0 Å². The van der Waals surface area contributed by atoms with E-state index in [2.05, 4.69) is 40.5 Å². The van der Waals surface area contributed by atoms with Gasteiger partial charge in [0.15, 0.2) is 5.82 Å². The summed E-state index contributed by atoms with van der Waals surface area (Å²) < 4.78 is 14.5. The van der Waals surface area contributed by atoms with Gasteiger partial charge in [0.2, 0.25) is 5.95 Å². The number of aromatic amines is 1. The van der Waals surface area contributed by atoms with Gasteiger partial charge in [0.25, 0.3) is 0 Å². The Morgan fingerprint density at radius 3 is 2.74 bits per heavy atom. The molecular weight excluding hydrogens is 419 g/mol. The predicted octanol–water partition coefficient (Wildman–Crippen LogP) is 3.12. The molecule has 31 heavy (non-hydrogen) atoms. The Balaban J connectivity index is 0.00000231. The van der Waals surface area contributed by atoms with E-state index in [9.17, 15) is 4.39 Å². The minimum Gasteiger partial charge on any atom is -0.359 e. The number of anilines is 2. The smallest absolute Gasteiger partial charge is 0.229 e. The molecule has 1 aliphatic heterocycles. The van der Waals surface area contributed by atoms with Crippen molar-refractivity contribution >= 4 is 35.2 Å². The number of hydrogen-bond donors (Lipinski definition) is 3. The lowest BCUT2D eigenvalue weighted by molar-refractivity contribution is 0.233. The first kappa shape index (κ1) is 21.1. The second kappa shape index (κ2) is 9.34. The summed E-state index contributed by atoms with van der Waals surface area (Å²) >= 11 is 0. The lowest BCUT2D eigenvalue weighted by Crippen LogP contribution is -2.42. The van der Waals surface area contributed by atoms with Crippen molar-refractivity contribution in [3.8, 4) is 11.3 Å². The zero-order valence-corrected chi connectivity index (χ0v) is 17.5. The number of piperazine rings is 1. The maximum Gasteiger partial charge on any atom is 0.229 e. The number of hydrogen-bond acceptors (Lipinski definition) is 7. The van der Waals surface area contributed by atoms with Crippen LogP contribution < -0.4 is 10.6 Å². The molecule has 0 saturated carbocycles. The first-order chi connectivity index (χ1) is 14.8. The van der Waals surface area contributed by atoms with Crippen molar-refractivity contribution in [1.82, 2.24) is 35.1 Å². The summed E-state index contributed by atoms with van der Waals surface area (Å²) in [6.45, 7) is 4.98. The van der Waals surface area contributed by atoms with Gasteiger partial charge in [-0.05, 0) is 23.8 Å². The highest BCUT2D eigenvalue weighted by molar-refractivity contribution is 5.91. The topological polar surface area (TPSA) is 94.6 Å². The molecule has 0 spiro atoms. The second-order valence-corrected chi connectivity index (χ2v) is 7.19. The Labute approximate surface area is 184 Å². The molecule has 160 valence electrons. The molecule has 4 aromatic heterocycles. The van der Waals surface area contributed by atoms with Crippen molar-refractivity contribution in [2.45, 2.75) is 6.54 Å². The maximum absolute atomic E-state index is 14.5. The Bertz CT molecular complexity index is 1160. The molecule has 0 amide bonds. The van der Waals surface area contributed by atoms with Crippen molar-refractivity contribution < 1.29 is 4.39 Å². The van der Waals surface area contributed by atoms with Gasteiger partial charge in [-0.2, -0.15) is 0 Å². The van der Waals surface area contributed by atoms with Gasteiger partial charge in [-0.15, -0.1) is 12.4 Å².